The molecule has 0 spiro atoms. The fraction of sp³-hybridized carbons (Fsp3) is 0.176. The van der Waals surface area contributed by atoms with Crippen molar-refractivity contribution in [2.24, 2.45) is 5.92 Å². The van der Waals surface area contributed by atoms with E-state index in [1.807, 2.05) is 48.5 Å². The van der Waals surface area contributed by atoms with Gasteiger partial charge in [-0.3, -0.25) is 9.69 Å². The third-order valence-electron chi connectivity index (χ3n) is 3.58. The van der Waals surface area contributed by atoms with Gasteiger partial charge in [0.2, 0.25) is 5.91 Å². The molecule has 0 radical (unpaired) electrons. The van der Waals surface area contributed by atoms with E-state index < -0.39 is 0 Å². The SMILES string of the molecule is O=C1C(Cc2ccccc2)CC(=S)N1c1ccccc1. The minimum absolute atomic E-state index is 0.0369. The lowest BCUT2D eigenvalue weighted by molar-refractivity contribution is -0.120. The third kappa shape index (κ3) is 2.49. The van der Waals surface area contributed by atoms with Crippen LogP contribution in [0.3, 0.4) is 0 Å². The highest BCUT2D eigenvalue weighted by Gasteiger charge is 2.36. The molecular formula is C17H15NOS. The zero-order valence-corrected chi connectivity index (χ0v) is 11.8. The number of anilines is 1. The molecule has 2 aromatic rings. The standard InChI is InChI=1S/C17H15NOS/c19-17-14(11-13-7-3-1-4-8-13)12-16(20)18(17)15-9-5-2-6-10-15/h1-10,14H,11-12H2. The quantitative estimate of drug-likeness (QED) is 0.801. The van der Waals surface area contributed by atoms with E-state index in [1.165, 1.54) is 5.56 Å². The van der Waals surface area contributed by atoms with Crippen molar-refractivity contribution in [3.8, 4) is 0 Å². The highest BCUT2D eigenvalue weighted by molar-refractivity contribution is 7.80. The van der Waals surface area contributed by atoms with Gasteiger partial charge < -0.3 is 0 Å². The lowest BCUT2D eigenvalue weighted by Crippen LogP contribution is -2.29. The van der Waals surface area contributed by atoms with Crippen LogP contribution >= 0.6 is 12.2 Å². The van der Waals surface area contributed by atoms with Crippen LogP contribution in [-0.2, 0) is 11.2 Å². The Morgan fingerprint density at radius 2 is 1.60 bits per heavy atom. The smallest absolute Gasteiger partial charge is 0.235 e. The molecule has 0 aromatic heterocycles. The van der Waals surface area contributed by atoms with Gasteiger partial charge in [-0.25, -0.2) is 0 Å². The number of hydrogen-bond donors (Lipinski definition) is 0. The summed E-state index contributed by atoms with van der Waals surface area (Å²) in [6, 6.07) is 19.7. The van der Waals surface area contributed by atoms with Crippen LogP contribution in [0.2, 0.25) is 0 Å². The molecule has 3 rings (SSSR count). The molecule has 2 aromatic carbocycles. The Morgan fingerprint density at radius 3 is 2.25 bits per heavy atom. The van der Waals surface area contributed by atoms with Crippen molar-refractivity contribution in [1.82, 2.24) is 0 Å². The van der Waals surface area contributed by atoms with Crippen LogP contribution in [0.1, 0.15) is 12.0 Å². The minimum Gasteiger partial charge on any atom is -0.275 e. The van der Waals surface area contributed by atoms with Gasteiger partial charge in [0, 0.05) is 18.0 Å². The zero-order valence-electron chi connectivity index (χ0n) is 11.0. The van der Waals surface area contributed by atoms with E-state index in [-0.39, 0.29) is 11.8 Å². The van der Waals surface area contributed by atoms with Crippen LogP contribution in [0.5, 0.6) is 0 Å². The monoisotopic (exact) mass is 281 g/mol. The second kappa shape index (κ2) is 5.55. The fourth-order valence-corrected chi connectivity index (χ4v) is 3.00. The first-order valence-corrected chi connectivity index (χ1v) is 7.12. The Hall–Kier alpha value is -2.00. The molecule has 0 bridgehead atoms. The number of thiocarbonyl (C=S) groups is 1. The molecule has 1 aliphatic heterocycles. The van der Waals surface area contributed by atoms with Gasteiger partial charge in [-0.05, 0) is 24.1 Å². The first-order valence-electron chi connectivity index (χ1n) is 6.71. The number of rotatable bonds is 3. The second-order valence-corrected chi connectivity index (χ2v) is 5.46. The van der Waals surface area contributed by atoms with Crippen molar-refractivity contribution in [1.29, 1.82) is 0 Å². The van der Waals surface area contributed by atoms with Crippen LogP contribution in [0.25, 0.3) is 0 Å². The fourth-order valence-electron chi connectivity index (χ4n) is 2.60. The van der Waals surface area contributed by atoms with Crippen molar-refractivity contribution >= 4 is 28.8 Å². The third-order valence-corrected chi connectivity index (χ3v) is 3.93. The normalized spacial score (nSPS) is 18.6. The molecule has 100 valence electrons. The maximum absolute atomic E-state index is 12.6. The summed E-state index contributed by atoms with van der Waals surface area (Å²) >= 11 is 5.40. The Morgan fingerprint density at radius 1 is 1.00 bits per heavy atom. The molecule has 1 unspecified atom stereocenters. The zero-order chi connectivity index (χ0) is 13.9. The number of amides is 1. The average Bonchev–Trinajstić information content (AvgIpc) is 2.75. The van der Waals surface area contributed by atoms with Gasteiger partial charge in [0.25, 0.3) is 0 Å². The average molecular weight is 281 g/mol. The molecule has 1 amide bonds. The molecule has 1 saturated heterocycles. The predicted octanol–water partition coefficient (Wildman–Crippen LogP) is 3.61. The maximum atomic E-state index is 12.6. The van der Waals surface area contributed by atoms with Crippen LogP contribution in [0.15, 0.2) is 60.7 Å². The van der Waals surface area contributed by atoms with Gasteiger partial charge in [-0.15, -0.1) is 0 Å². The summed E-state index contributed by atoms with van der Waals surface area (Å²) in [5.41, 5.74) is 2.06. The highest BCUT2D eigenvalue weighted by Crippen LogP contribution is 2.29. The number of hydrogen-bond acceptors (Lipinski definition) is 2. The van der Waals surface area contributed by atoms with Gasteiger partial charge in [-0.1, -0.05) is 60.7 Å². The number of carbonyl (C=O) groups is 1. The van der Waals surface area contributed by atoms with Gasteiger partial charge >= 0.3 is 0 Å². The molecule has 0 saturated carbocycles. The largest absolute Gasteiger partial charge is 0.275 e. The van der Waals surface area contributed by atoms with E-state index in [0.717, 1.165) is 17.1 Å². The molecule has 1 aliphatic rings. The summed E-state index contributed by atoms with van der Waals surface area (Å²) in [5.74, 6) is 0.0789. The van der Waals surface area contributed by atoms with Crippen molar-refractivity contribution in [2.75, 3.05) is 4.90 Å². The van der Waals surface area contributed by atoms with Crippen LogP contribution < -0.4 is 4.90 Å². The van der Waals surface area contributed by atoms with Crippen molar-refractivity contribution < 1.29 is 4.79 Å². The molecule has 2 nitrogen and oxygen atoms in total. The Labute approximate surface area is 124 Å². The van der Waals surface area contributed by atoms with Crippen LogP contribution in [0.4, 0.5) is 5.69 Å². The molecule has 0 aliphatic carbocycles. The summed E-state index contributed by atoms with van der Waals surface area (Å²) in [6.07, 6.45) is 1.42. The van der Waals surface area contributed by atoms with E-state index in [2.05, 4.69) is 12.1 Å². The van der Waals surface area contributed by atoms with Crippen LogP contribution in [0, 0.1) is 5.92 Å². The molecule has 1 heterocycles. The molecule has 3 heteroatoms. The van der Waals surface area contributed by atoms with E-state index in [9.17, 15) is 4.79 Å². The summed E-state index contributed by atoms with van der Waals surface area (Å²) in [6.45, 7) is 0. The Bertz CT molecular complexity index is 624. The maximum Gasteiger partial charge on any atom is 0.235 e. The minimum atomic E-state index is -0.0369. The van der Waals surface area contributed by atoms with Crippen molar-refractivity contribution in [2.45, 2.75) is 12.8 Å². The lowest BCUT2D eigenvalue weighted by atomic mass is 9.98. The van der Waals surface area contributed by atoms with Crippen molar-refractivity contribution in [3.63, 3.8) is 0 Å². The van der Waals surface area contributed by atoms with E-state index in [1.54, 1.807) is 4.90 Å². The first kappa shape index (κ1) is 13.0. The molecule has 0 N–H and O–H groups in total. The van der Waals surface area contributed by atoms with Crippen molar-refractivity contribution in [3.05, 3.63) is 66.2 Å². The predicted molar refractivity (Wildman–Crippen MR) is 84.8 cm³/mol. The summed E-state index contributed by atoms with van der Waals surface area (Å²) in [7, 11) is 0. The van der Waals surface area contributed by atoms with E-state index in [4.69, 9.17) is 12.2 Å². The molecular weight excluding hydrogens is 266 g/mol. The number of para-hydroxylation sites is 1. The number of benzene rings is 2. The summed E-state index contributed by atoms with van der Waals surface area (Å²) in [4.78, 5) is 15.0. The van der Waals surface area contributed by atoms with Gasteiger partial charge in [-0.2, -0.15) is 0 Å². The van der Waals surface area contributed by atoms with Gasteiger partial charge in [0.05, 0.1) is 4.99 Å². The van der Waals surface area contributed by atoms with Gasteiger partial charge in [0.15, 0.2) is 0 Å². The lowest BCUT2D eigenvalue weighted by Gasteiger charge is -2.16. The molecule has 20 heavy (non-hydrogen) atoms. The molecule has 1 atom stereocenters. The number of carbonyl (C=O) groups excluding carboxylic acids is 1. The highest BCUT2D eigenvalue weighted by atomic mass is 32.1. The second-order valence-electron chi connectivity index (χ2n) is 4.99. The topological polar surface area (TPSA) is 20.3 Å². The Balaban J connectivity index is 1.81. The Kier molecular flexibility index (Phi) is 3.61. The summed E-state index contributed by atoms with van der Waals surface area (Å²) in [5, 5.41) is 0. The summed E-state index contributed by atoms with van der Waals surface area (Å²) < 4.78 is 0. The van der Waals surface area contributed by atoms with Gasteiger partial charge in [0.1, 0.15) is 0 Å². The first-order chi connectivity index (χ1) is 9.75. The van der Waals surface area contributed by atoms with Crippen LogP contribution in [-0.4, -0.2) is 10.9 Å². The van der Waals surface area contributed by atoms with E-state index in [0.29, 0.717) is 6.42 Å². The number of nitrogens with zero attached hydrogens (tertiary/aromatic N) is 1. The molecule has 1 fully saturated rings. The van der Waals surface area contributed by atoms with E-state index >= 15 is 0 Å².